The van der Waals surface area contributed by atoms with Crippen molar-refractivity contribution >= 4 is 41.3 Å². The highest BCUT2D eigenvalue weighted by molar-refractivity contribution is 14.0. The number of aryl methyl sites for hydroxylation is 1. The van der Waals surface area contributed by atoms with Crippen molar-refractivity contribution in [2.45, 2.75) is 33.0 Å². The third kappa shape index (κ3) is 7.46. The van der Waals surface area contributed by atoms with Gasteiger partial charge in [-0.15, -0.1) is 35.3 Å². The number of alkyl halides is 3. The molecule has 0 aliphatic carbocycles. The number of thiazole rings is 1. The molecule has 0 amide bonds. The summed E-state index contributed by atoms with van der Waals surface area (Å²) in [5.74, 6) is 1.41. The Kier molecular flexibility index (Phi) is 10.0. The van der Waals surface area contributed by atoms with Crippen LogP contribution < -0.4 is 15.4 Å². The Balaban J connectivity index is 0.00000392. The molecule has 1 heterocycles. The third-order valence-corrected chi connectivity index (χ3v) is 4.62. The molecule has 0 spiro atoms. The van der Waals surface area contributed by atoms with E-state index in [0.717, 1.165) is 33.6 Å². The second-order valence-electron chi connectivity index (χ2n) is 5.80. The molecule has 1 aromatic carbocycles. The number of hydrogen-bond donors (Lipinski definition) is 2. The minimum Gasteiger partial charge on any atom is -0.496 e. The predicted octanol–water partition coefficient (Wildman–Crippen LogP) is 4.39. The number of methoxy groups -OCH3 is 1. The molecule has 0 saturated carbocycles. The van der Waals surface area contributed by atoms with Crippen LogP contribution in [-0.4, -0.2) is 31.1 Å². The van der Waals surface area contributed by atoms with Crippen LogP contribution in [0.4, 0.5) is 13.2 Å². The fourth-order valence-electron chi connectivity index (χ4n) is 2.32. The maximum Gasteiger partial charge on any atom is 0.434 e. The van der Waals surface area contributed by atoms with Gasteiger partial charge in [0.25, 0.3) is 0 Å². The van der Waals surface area contributed by atoms with Crippen LogP contribution in [0, 0.1) is 6.92 Å². The standard InChI is InChI=1S/C18H23F3N4OS.HI/c1-4-22-17(24-10-13-6-5-12(2)14(9-13)26-3)23-8-7-16-25-15(11-27-16)18(19,20)21;/h5-6,9,11H,4,7-8,10H2,1-3H3,(H2,22,23,24);1H. The smallest absolute Gasteiger partial charge is 0.434 e. The normalized spacial score (nSPS) is 11.7. The van der Waals surface area contributed by atoms with Gasteiger partial charge in [-0.2, -0.15) is 13.2 Å². The zero-order valence-corrected chi connectivity index (χ0v) is 19.0. The van der Waals surface area contributed by atoms with Crippen LogP contribution in [0.1, 0.15) is 28.8 Å². The van der Waals surface area contributed by atoms with E-state index in [-0.39, 0.29) is 24.0 Å². The van der Waals surface area contributed by atoms with Gasteiger partial charge in [0.15, 0.2) is 11.7 Å². The van der Waals surface area contributed by atoms with Crippen molar-refractivity contribution in [2.75, 3.05) is 20.2 Å². The van der Waals surface area contributed by atoms with Gasteiger partial charge in [-0.1, -0.05) is 12.1 Å². The van der Waals surface area contributed by atoms with E-state index in [1.807, 2.05) is 32.0 Å². The Hall–Kier alpha value is -1.56. The van der Waals surface area contributed by atoms with Gasteiger partial charge in [-0.3, -0.25) is 0 Å². The topological polar surface area (TPSA) is 58.5 Å². The van der Waals surface area contributed by atoms with E-state index in [1.54, 1.807) is 7.11 Å². The molecule has 0 fully saturated rings. The number of ether oxygens (including phenoxy) is 1. The molecule has 5 nitrogen and oxygen atoms in total. The first-order chi connectivity index (χ1) is 12.8. The zero-order chi connectivity index (χ0) is 19.9. The molecule has 0 unspecified atom stereocenters. The Bertz CT molecular complexity index is 780. The molecular weight excluding hydrogens is 504 g/mol. The van der Waals surface area contributed by atoms with Crippen LogP contribution in [0.15, 0.2) is 28.6 Å². The molecule has 28 heavy (non-hydrogen) atoms. The van der Waals surface area contributed by atoms with Crippen molar-refractivity contribution in [1.82, 2.24) is 15.6 Å². The van der Waals surface area contributed by atoms with E-state index in [0.29, 0.717) is 37.0 Å². The van der Waals surface area contributed by atoms with Gasteiger partial charge in [0.05, 0.1) is 18.7 Å². The second-order valence-corrected chi connectivity index (χ2v) is 6.74. The number of aromatic nitrogens is 1. The zero-order valence-electron chi connectivity index (χ0n) is 15.9. The summed E-state index contributed by atoms with van der Waals surface area (Å²) in [6.45, 7) is 5.50. The number of nitrogens with one attached hydrogen (secondary N) is 2. The molecule has 0 bridgehead atoms. The van der Waals surface area contributed by atoms with Gasteiger partial charge in [0, 0.05) is 24.9 Å². The van der Waals surface area contributed by atoms with Crippen LogP contribution in [0.3, 0.4) is 0 Å². The predicted molar refractivity (Wildman–Crippen MR) is 117 cm³/mol. The maximum atomic E-state index is 12.6. The first-order valence-electron chi connectivity index (χ1n) is 8.50. The van der Waals surface area contributed by atoms with Crippen molar-refractivity contribution in [3.8, 4) is 5.75 Å². The molecule has 156 valence electrons. The van der Waals surface area contributed by atoms with Crippen LogP contribution in [0.5, 0.6) is 5.75 Å². The number of benzene rings is 1. The average molecular weight is 528 g/mol. The SMILES string of the molecule is CCNC(=NCc1ccc(C)c(OC)c1)NCCc1nc(C(F)(F)F)cs1.I. The second kappa shape index (κ2) is 11.4. The molecule has 2 aromatic rings. The van der Waals surface area contributed by atoms with Crippen LogP contribution in [0.2, 0.25) is 0 Å². The number of rotatable bonds is 7. The first-order valence-corrected chi connectivity index (χ1v) is 9.38. The van der Waals surface area contributed by atoms with Crippen molar-refractivity contribution in [3.63, 3.8) is 0 Å². The minimum atomic E-state index is -4.40. The van der Waals surface area contributed by atoms with Gasteiger partial charge >= 0.3 is 6.18 Å². The van der Waals surface area contributed by atoms with E-state index in [9.17, 15) is 13.2 Å². The summed E-state index contributed by atoms with van der Waals surface area (Å²) in [6, 6.07) is 5.90. The highest BCUT2D eigenvalue weighted by Crippen LogP contribution is 2.30. The molecule has 0 aliphatic heterocycles. The quantitative estimate of drug-likeness (QED) is 0.318. The Morgan fingerprint density at radius 3 is 2.64 bits per heavy atom. The van der Waals surface area contributed by atoms with Gasteiger partial charge in [-0.25, -0.2) is 9.98 Å². The van der Waals surface area contributed by atoms with Crippen LogP contribution in [-0.2, 0) is 19.1 Å². The van der Waals surface area contributed by atoms with Gasteiger partial charge in [0.1, 0.15) is 5.75 Å². The average Bonchev–Trinajstić information content (AvgIpc) is 3.10. The summed E-state index contributed by atoms with van der Waals surface area (Å²) in [5, 5.41) is 7.72. The molecule has 0 aliphatic rings. The molecule has 2 rings (SSSR count). The highest BCUT2D eigenvalue weighted by Gasteiger charge is 2.33. The summed E-state index contributed by atoms with van der Waals surface area (Å²) in [4.78, 5) is 8.13. The Labute approximate surface area is 183 Å². The number of halogens is 4. The number of hydrogen-bond acceptors (Lipinski definition) is 4. The van der Waals surface area contributed by atoms with Crippen molar-refractivity contribution < 1.29 is 17.9 Å². The maximum absolute atomic E-state index is 12.6. The van der Waals surface area contributed by atoms with E-state index in [2.05, 4.69) is 20.6 Å². The van der Waals surface area contributed by atoms with Crippen molar-refractivity contribution in [1.29, 1.82) is 0 Å². The largest absolute Gasteiger partial charge is 0.496 e. The van der Waals surface area contributed by atoms with Crippen LogP contribution >= 0.6 is 35.3 Å². The minimum absolute atomic E-state index is 0. The van der Waals surface area contributed by atoms with Crippen molar-refractivity contribution in [3.05, 3.63) is 45.4 Å². The van der Waals surface area contributed by atoms with Gasteiger partial charge in [0.2, 0.25) is 0 Å². The fraction of sp³-hybridized carbons (Fsp3) is 0.444. The lowest BCUT2D eigenvalue weighted by Crippen LogP contribution is -2.38. The van der Waals surface area contributed by atoms with E-state index >= 15 is 0 Å². The molecule has 10 heteroatoms. The van der Waals surface area contributed by atoms with E-state index < -0.39 is 11.9 Å². The monoisotopic (exact) mass is 528 g/mol. The van der Waals surface area contributed by atoms with Crippen LogP contribution in [0.25, 0.3) is 0 Å². The molecule has 2 N–H and O–H groups in total. The van der Waals surface area contributed by atoms with Gasteiger partial charge in [-0.05, 0) is 31.0 Å². The molecule has 0 radical (unpaired) electrons. The number of aliphatic imine (C=N–C) groups is 1. The molecule has 0 atom stereocenters. The molecule has 0 saturated heterocycles. The first kappa shape index (κ1) is 24.5. The lowest BCUT2D eigenvalue weighted by Gasteiger charge is -2.11. The lowest BCUT2D eigenvalue weighted by atomic mass is 10.1. The summed E-state index contributed by atoms with van der Waals surface area (Å²) >= 11 is 1.01. The van der Waals surface area contributed by atoms with E-state index in [1.165, 1.54) is 0 Å². The number of guanidine groups is 1. The van der Waals surface area contributed by atoms with E-state index in [4.69, 9.17) is 4.74 Å². The van der Waals surface area contributed by atoms with Gasteiger partial charge < -0.3 is 15.4 Å². The highest BCUT2D eigenvalue weighted by atomic mass is 127. The summed E-state index contributed by atoms with van der Waals surface area (Å²) in [5.41, 5.74) is 1.22. The molecule has 1 aromatic heterocycles. The Morgan fingerprint density at radius 2 is 2.04 bits per heavy atom. The lowest BCUT2D eigenvalue weighted by molar-refractivity contribution is -0.140. The summed E-state index contributed by atoms with van der Waals surface area (Å²) in [7, 11) is 1.63. The van der Waals surface area contributed by atoms with Crippen molar-refractivity contribution in [2.24, 2.45) is 4.99 Å². The fourth-order valence-corrected chi connectivity index (χ4v) is 3.12. The molecular formula is C18H24F3IN4OS. The third-order valence-electron chi connectivity index (χ3n) is 3.71. The summed E-state index contributed by atoms with van der Waals surface area (Å²) < 4.78 is 43.1. The number of nitrogens with zero attached hydrogens (tertiary/aromatic N) is 2. The summed E-state index contributed by atoms with van der Waals surface area (Å²) in [6.07, 6.45) is -4.00. The Morgan fingerprint density at radius 1 is 1.29 bits per heavy atom.